The Morgan fingerprint density at radius 2 is 1.94 bits per heavy atom. The Labute approximate surface area is 85.8 Å². The molecule has 0 unspecified atom stereocenters. The standard InChI is InChI=1S/C8H6F5NO2/c1-3-5(15)4(6(9)10)2-14-7(3)16-8(11,12)13/h2,6H,1H3,(H,14,15). The smallest absolute Gasteiger partial charge is 0.390 e. The van der Waals surface area contributed by atoms with Crippen LogP contribution < -0.4 is 10.2 Å². The van der Waals surface area contributed by atoms with Crippen molar-refractivity contribution in [3.63, 3.8) is 0 Å². The van der Waals surface area contributed by atoms with Crippen LogP contribution in [0.3, 0.4) is 0 Å². The third-order valence-corrected chi connectivity index (χ3v) is 1.76. The molecule has 1 aromatic rings. The lowest BCUT2D eigenvalue weighted by Gasteiger charge is -2.11. The molecule has 0 aliphatic heterocycles. The van der Waals surface area contributed by atoms with Gasteiger partial charge < -0.3 is 9.72 Å². The monoisotopic (exact) mass is 243 g/mol. The van der Waals surface area contributed by atoms with Crippen molar-refractivity contribution in [3.05, 3.63) is 27.5 Å². The fourth-order valence-corrected chi connectivity index (χ4v) is 1.02. The lowest BCUT2D eigenvalue weighted by atomic mass is 10.2. The maximum atomic E-state index is 12.2. The summed E-state index contributed by atoms with van der Waals surface area (Å²) in [5.41, 5.74) is -2.62. The van der Waals surface area contributed by atoms with E-state index >= 15 is 0 Å². The summed E-state index contributed by atoms with van der Waals surface area (Å²) in [6.45, 7) is 0.964. The van der Waals surface area contributed by atoms with Gasteiger partial charge in [-0.2, -0.15) is 0 Å². The average molecular weight is 243 g/mol. The highest BCUT2D eigenvalue weighted by Gasteiger charge is 2.33. The third kappa shape index (κ3) is 2.71. The lowest BCUT2D eigenvalue weighted by molar-refractivity contribution is -0.276. The van der Waals surface area contributed by atoms with Crippen molar-refractivity contribution in [3.8, 4) is 5.88 Å². The summed E-state index contributed by atoms with van der Waals surface area (Å²) >= 11 is 0. The van der Waals surface area contributed by atoms with Crippen LogP contribution in [0.5, 0.6) is 5.88 Å². The fraction of sp³-hybridized carbons (Fsp3) is 0.375. The van der Waals surface area contributed by atoms with Crippen molar-refractivity contribution < 1.29 is 26.7 Å². The number of hydrogen-bond acceptors (Lipinski definition) is 2. The van der Waals surface area contributed by atoms with E-state index in [1.54, 1.807) is 0 Å². The van der Waals surface area contributed by atoms with E-state index in [9.17, 15) is 26.7 Å². The fourth-order valence-electron chi connectivity index (χ4n) is 1.02. The van der Waals surface area contributed by atoms with Crippen molar-refractivity contribution in [2.24, 2.45) is 0 Å². The number of rotatable bonds is 2. The number of aromatic nitrogens is 1. The molecule has 0 atom stereocenters. The van der Waals surface area contributed by atoms with E-state index in [4.69, 9.17) is 0 Å². The lowest BCUT2D eigenvalue weighted by Crippen LogP contribution is -2.22. The quantitative estimate of drug-likeness (QED) is 0.811. The van der Waals surface area contributed by atoms with Crippen molar-refractivity contribution in [2.75, 3.05) is 0 Å². The van der Waals surface area contributed by atoms with E-state index in [0.29, 0.717) is 6.20 Å². The molecular formula is C8H6F5NO2. The van der Waals surface area contributed by atoms with Crippen LogP contribution in [-0.2, 0) is 0 Å². The Morgan fingerprint density at radius 1 is 1.38 bits per heavy atom. The zero-order chi connectivity index (χ0) is 12.5. The predicted octanol–water partition coefficient (Wildman–Crippen LogP) is 2.52. The van der Waals surface area contributed by atoms with Gasteiger partial charge in [-0.1, -0.05) is 0 Å². The predicted molar refractivity (Wildman–Crippen MR) is 43.4 cm³/mol. The van der Waals surface area contributed by atoms with Gasteiger partial charge in [0.2, 0.25) is 5.88 Å². The Hall–Kier alpha value is -1.60. The molecule has 90 valence electrons. The van der Waals surface area contributed by atoms with Gasteiger partial charge in [0.25, 0.3) is 6.43 Å². The van der Waals surface area contributed by atoms with Gasteiger partial charge >= 0.3 is 6.36 Å². The van der Waals surface area contributed by atoms with Crippen LogP contribution in [0.15, 0.2) is 11.0 Å². The van der Waals surface area contributed by atoms with Crippen LogP contribution in [-0.4, -0.2) is 11.3 Å². The largest absolute Gasteiger partial charge is 0.574 e. The molecule has 3 nitrogen and oxygen atoms in total. The molecule has 0 aromatic carbocycles. The number of ether oxygens (including phenoxy) is 1. The second-order valence-electron chi connectivity index (χ2n) is 2.88. The van der Waals surface area contributed by atoms with Gasteiger partial charge in [0.05, 0.1) is 11.1 Å². The summed E-state index contributed by atoms with van der Waals surface area (Å²) in [6.07, 6.45) is -7.54. The molecule has 1 rings (SSSR count). The molecule has 16 heavy (non-hydrogen) atoms. The van der Waals surface area contributed by atoms with Gasteiger partial charge in [-0.05, 0) is 6.92 Å². The van der Waals surface area contributed by atoms with Gasteiger partial charge in [-0.3, -0.25) is 4.79 Å². The summed E-state index contributed by atoms with van der Waals surface area (Å²) in [5, 5.41) is 0. The second kappa shape index (κ2) is 4.11. The molecule has 1 aromatic heterocycles. The molecule has 0 saturated carbocycles. The first-order valence-electron chi connectivity index (χ1n) is 3.98. The van der Waals surface area contributed by atoms with Crippen LogP contribution in [0.4, 0.5) is 22.0 Å². The molecule has 0 saturated heterocycles. The van der Waals surface area contributed by atoms with Crippen LogP contribution in [0.1, 0.15) is 17.6 Å². The highest BCUT2D eigenvalue weighted by Crippen LogP contribution is 2.23. The van der Waals surface area contributed by atoms with Gasteiger partial charge in [0, 0.05) is 6.20 Å². The molecule has 0 aliphatic rings. The molecule has 0 bridgehead atoms. The Bertz CT molecular complexity index is 437. The first kappa shape index (κ1) is 12.5. The third-order valence-electron chi connectivity index (χ3n) is 1.76. The van der Waals surface area contributed by atoms with Gasteiger partial charge in [0.1, 0.15) is 0 Å². The molecule has 1 heterocycles. The van der Waals surface area contributed by atoms with E-state index in [1.165, 1.54) is 0 Å². The molecule has 0 fully saturated rings. The summed E-state index contributed by atoms with van der Waals surface area (Å²) in [7, 11) is 0. The first-order chi connectivity index (χ1) is 7.22. The zero-order valence-electron chi connectivity index (χ0n) is 7.86. The molecule has 1 N–H and O–H groups in total. The number of nitrogens with one attached hydrogen (secondary N) is 1. The molecule has 8 heteroatoms. The minimum absolute atomic E-state index is 0.501. The number of pyridine rings is 1. The topological polar surface area (TPSA) is 42.1 Å². The first-order valence-corrected chi connectivity index (χ1v) is 3.98. The molecule has 0 radical (unpaired) electrons. The maximum absolute atomic E-state index is 12.2. The molecule has 0 aliphatic carbocycles. The average Bonchev–Trinajstić information content (AvgIpc) is 2.10. The van der Waals surface area contributed by atoms with Gasteiger partial charge in [-0.25, -0.2) is 8.78 Å². The summed E-state index contributed by atoms with van der Waals surface area (Å²) < 4.78 is 63.3. The van der Waals surface area contributed by atoms with Crippen LogP contribution >= 0.6 is 0 Å². The van der Waals surface area contributed by atoms with Crippen LogP contribution in [0.2, 0.25) is 0 Å². The number of aromatic amines is 1. The number of H-pyrrole nitrogens is 1. The Morgan fingerprint density at radius 3 is 2.38 bits per heavy atom. The van der Waals surface area contributed by atoms with Gasteiger partial charge in [-0.15, -0.1) is 13.2 Å². The minimum atomic E-state index is -4.99. The normalized spacial score (nSPS) is 11.9. The maximum Gasteiger partial charge on any atom is 0.574 e. The summed E-state index contributed by atoms with van der Waals surface area (Å²) in [4.78, 5) is 13.0. The highest BCUT2D eigenvalue weighted by atomic mass is 19.4. The number of hydrogen-bond donors (Lipinski definition) is 1. The number of alkyl halides is 5. The summed E-state index contributed by atoms with van der Waals surface area (Å²) in [6, 6.07) is 0. The zero-order valence-corrected chi connectivity index (χ0v) is 7.86. The Balaban J connectivity index is 3.18. The minimum Gasteiger partial charge on any atom is -0.390 e. The van der Waals surface area contributed by atoms with Crippen molar-refractivity contribution in [1.82, 2.24) is 4.98 Å². The Kier molecular flexibility index (Phi) is 3.20. The van der Waals surface area contributed by atoms with Crippen molar-refractivity contribution in [1.29, 1.82) is 0 Å². The van der Waals surface area contributed by atoms with E-state index in [1.807, 2.05) is 4.98 Å². The van der Waals surface area contributed by atoms with Crippen LogP contribution in [0.25, 0.3) is 0 Å². The second-order valence-corrected chi connectivity index (χ2v) is 2.88. The molecule has 0 spiro atoms. The van der Waals surface area contributed by atoms with Gasteiger partial charge in [0.15, 0.2) is 5.43 Å². The van der Waals surface area contributed by atoms with Crippen molar-refractivity contribution >= 4 is 0 Å². The van der Waals surface area contributed by atoms with E-state index in [2.05, 4.69) is 4.74 Å². The van der Waals surface area contributed by atoms with E-state index < -0.39 is 35.2 Å². The van der Waals surface area contributed by atoms with Crippen molar-refractivity contribution in [2.45, 2.75) is 19.7 Å². The van der Waals surface area contributed by atoms with E-state index in [-0.39, 0.29) is 0 Å². The number of halogens is 5. The van der Waals surface area contributed by atoms with Crippen LogP contribution in [0, 0.1) is 6.92 Å². The molecular weight excluding hydrogens is 237 g/mol. The highest BCUT2D eigenvalue weighted by molar-refractivity contribution is 5.29. The SMILES string of the molecule is Cc1c(OC(F)(F)F)[nH]cc(C(F)F)c1=O. The summed E-state index contributed by atoms with van der Waals surface area (Å²) in [5.74, 6) is -0.887. The van der Waals surface area contributed by atoms with E-state index in [0.717, 1.165) is 6.92 Å². The molecule has 0 amide bonds.